The van der Waals surface area contributed by atoms with Crippen LogP contribution in [0.25, 0.3) is 5.69 Å². The van der Waals surface area contributed by atoms with Crippen LogP contribution in [0.5, 0.6) is 0 Å². The van der Waals surface area contributed by atoms with Crippen molar-refractivity contribution in [3.63, 3.8) is 0 Å². The van der Waals surface area contributed by atoms with Crippen LogP contribution >= 0.6 is 11.6 Å². The standard InChI is InChI=1S/C40H35ClN4O7/c1-23-17-29(14-16-33(23)44-38(48)31-15-13-28(41)20-32(31)39(44)49)42-37(47)34-18-27(19-35(52-34)51-22-26-11-9-25(21-46)10-12-26)36-24(2)43(3)45(40(36)50)30-7-5-4-6-8-30/h4-18,20,27,35,46H,19,21-22H2,1-3H3,(H,42,47). The molecule has 5 aromatic rings. The number of imide groups is 1. The minimum atomic E-state index is -0.871. The van der Waals surface area contributed by atoms with Crippen LogP contribution < -0.4 is 15.8 Å². The molecule has 2 unspecified atom stereocenters. The van der Waals surface area contributed by atoms with Crippen LogP contribution in [0, 0.1) is 13.8 Å². The number of ether oxygens (including phenoxy) is 2. The Morgan fingerprint density at radius 2 is 1.63 bits per heavy atom. The zero-order valence-corrected chi connectivity index (χ0v) is 29.4. The molecule has 0 spiro atoms. The molecule has 264 valence electrons. The largest absolute Gasteiger partial charge is 0.459 e. The van der Waals surface area contributed by atoms with E-state index < -0.39 is 29.9 Å². The van der Waals surface area contributed by atoms with Crippen LogP contribution in [-0.4, -0.2) is 38.5 Å². The average Bonchev–Trinajstić information content (AvgIpc) is 3.52. The summed E-state index contributed by atoms with van der Waals surface area (Å²) in [7, 11) is 1.82. The van der Waals surface area contributed by atoms with Crippen LogP contribution in [0.1, 0.15) is 61.0 Å². The van der Waals surface area contributed by atoms with E-state index in [1.807, 2.05) is 56.4 Å². The smallest absolute Gasteiger partial charge is 0.290 e. The Labute approximate surface area is 304 Å². The van der Waals surface area contributed by atoms with Crippen LogP contribution in [0.4, 0.5) is 11.4 Å². The summed E-state index contributed by atoms with van der Waals surface area (Å²) in [5.74, 6) is -2.05. The number of carbonyl (C=O) groups excluding carboxylic acids is 3. The Kier molecular flexibility index (Phi) is 9.41. The summed E-state index contributed by atoms with van der Waals surface area (Å²) >= 11 is 6.08. The molecule has 11 nitrogen and oxygen atoms in total. The molecule has 2 aliphatic heterocycles. The van der Waals surface area contributed by atoms with Gasteiger partial charge in [-0.3, -0.25) is 23.9 Å². The predicted molar refractivity (Wildman–Crippen MR) is 196 cm³/mol. The molecule has 2 aliphatic rings. The van der Waals surface area contributed by atoms with Crippen molar-refractivity contribution in [2.24, 2.45) is 7.05 Å². The minimum absolute atomic E-state index is 0.0234. The van der Waals surface area contributed by atoms with Crippen LogP contribution in [0.3, 0.4) is 0 Å². The Bertz CT molecular complexity index is 2310. The highest BCUT2D eigenvalue weighted by Crippen LogP contribution is 2.35. The quantitative estimate of drug-likeness (QED) is 0.171. The van der Waals surface area contributed by atoms with Crippen molar-refractivity contribution < 1.29 is 29.0 Å². The number of nitrogens with zero attached hydrogens (tertiary/aromatic N) is 3. The van der Waals surface area contributed by atoms with Crippen molar-refractivity contribution in [1.29, 1.82) is 0 Å². The number of aryl methyl sites for hydroxylation is 1. The Hall–Kier alpha value is -5.75. The van der Waals surface area contributed by atoms with Gasteiger partial charge in [-0.25, -0.2) is 9.58 Å². The SMILES string of the molecule is Cc1cc(NC(=O)C2=CC(c3c(C)n(C)n(-c4ccccc4)c3=O)CC(OCc3ccc(CO)cc3)O2)ccc1N1C(=O)c2ccc(Cl)cc2C1=O. The van der Waals surface area contributed by atoms with Crippen molar-refractivity contribution in [3.05, 3.63) is 157 Å². The maximum atomic E-state index is 14.0. The molecule has 2 N–H and O–H groups in total. The van der Waals surface area contributed by atoms with Gasteiger partial charge in [0.1, 0.15) is 0 Å². The van der Waals surface area contributed by atoms with Gasteiger partial charge in [-0.05, 0) is 85.1 Å². The third-order valence-electron chi connectivity index (χ3n) is 9.44. The maximum absolute atomic E-state index is 14.0. The lowest BCUT2D eigenvalue weighted by atomic mass is 9.93. The lowest BCUT2D eigenvalue weighted by Crippen LogP contribution is -2.31. The molecule has 3 amide bonds. The minimum Gasteiger partial charge on any atom is -0.459 e. The first kappa shape index (κ1) is 34.7. The zero-order valence-electron chi connectivity index (χ0n) is 28.6. The van der Waals surface area contributed by atoms with E-state index in [0.717, 1.165) is 21.7 Å². The number of hydrogen-bond donors (Lipinski definition) is 2. The van der Waals surface area contributed by atoms with Gasteiger partial charge in [-0.2, -0.15) is 0 Å². The molecule has 52 heavy (non-hydrogen) atoms. The molecule has 0 aliphatic carbocycles. The molecular formula is C40H35ClN4O7. The molecule has 0 bridgehead atoms. The molecule has 12 heteroatoms. The highest BCUT2D eigenvalue weighted by Gasteiger charge is 2.38. The number of allylic oxidation sites excluding steroid dienone is 1. The third kappa shape index (κ3) is 6.45. The normalized spacial score (nSPS) is 16.8. The number of aliphatic hydroxyl groups excluding tert-OH is 1. The maximum Gasteiger partial charge on any atom is 0.290 e. The van der Waals surface area contributed by atoms with Gasteiger partial charge in [-0.15, -0.1) is 0 Å². The van der Waals surface area contributed by atoms with E-state index in [0.29, 0.717) is 33.2 Å². The molecular weight excluding hydrogens is 684 g/mol. The van der Waals surface area contributed by atoms with Gasteiger partial charge in [0.2, 0.25) is 6.29 Å². The summed E-state index contributed by atoms with van der Waals surface area (Å²) in [5, 5.41) is 12.6. The number of anilines is 2. The van der Waals surface area contributed by atoms with Crippen LogP contribution in [0.2, 0.25) is 5.02 Å². The fourth-order valence-electron chi connectivity index (χ4n) is 6.67. The molecule has 2 atom stereocenters. The number of fused-ring (bicyclic) bond motifs is 1. The lowest BCUT2D eigenvalue weighted by molar-refractivity contribution is -0.147. The number of carbonyl (C=O) groups is 3. The summed E-state index contributed by atoms with van der Waals surface area (Å²) in [5.41, 5.74) is 5.21. The number of aromatic nitrogens is 2. The van der Waals surface area contributed by atoms with Crippen molar-refractivity contribution in [2.75, 3.05) is 10.2 Å². The molecule has 1 aromatic heterocycles. The molecule has 0 radical (unpaired) electrons. The summed E-state index contributed by atoms with van der Waals surface area (Å²) in [4.78, 5) is 55.3. The third-order valence-corrected chi connectivity index (χ3v) is 9.67. The number of rotatable bonds is 9. The van der Waals surface area contributed by atoms with Gasteiger partial charge < -0.3 is 19.9 Å². The first-order chi connectivity index (χ1) is 25.0. The molecule has 3 heterocycles. The number of aliphatic hydroxyl groups is 1. The monoisotopic (exact) mass is 718 g/mol. The number of amides is 3. The highest BCUT2D eigenvalue weighted by atomic mass is 35.5. The van der Waals surface area contributed by atoms with E-state index in [1.54, 1.807) is 58.8 Å². The molecule has 4 aromatic carbocycles. The fourth-order valence-corrected chi connectivity index (χ4v) is 6.85. The van der Waals surface area contributed by atoms with Gasteiger partial charge in [0.25, 0.3) is 23.3 Å². The zero-order chi connectivity index (χ0) is 36.7. The van der Waals surface area contributed by atoms with E-state index in [2.05, 4.69) is 5.32 Å². The van der Waals surface area contributed by atoms with Crippen molar-refractivity contribution in [3.8, 4) is 5.69 Å². The first-order valence-electron chi connectivity index (χ1n) is 16.7. The van der Waals surface area contributed by atoms with Gasteiger partial charge >= 0.3 is 0 Å². The Morgan fingerprint density at radius 3 is 2.35 bits per heavy atom. The number of para-hydroxylation sites is 1. The number of benzene rings is 4. The summed E-state index contributed by atoms with van der Waals surface area (Å²) in [6.45, 7) is 3.70. The molecule has 0 saturated carbocycles. The molecule has 7 rings (SSSR count). The summed E-state index contributed by atoms with van der Waals surface area (Å²) < 4.78 is 15.7. The van der Waals surface area contributed by atoms with Crippen LogP contribution in [-0.2, 0) is 34.5 Å². The number of halogens is 1. The second kappa shape index (κ2) is 14.1. The summed E-state index contributed by atoms with van der Waals surface area (Å²) in [6, 6.07) is 26.0. The topological polar surface area (TPSA) is 132 Å². The van der Waals surface area contributed by atoms with E-state index >= 15 is 0 Å². The van der Waals surface area contributed by atoms with Gasteiger partial charge in [0, 0.05) is 41.4 Å². The van der Waals surface area contributed by atoms with Gasteiger partial charge in [0.05, 0.1) is 35.7 Å². The van der Waals surface area contributed by atoms with Crippen molar-refractivity contribution >= 4 is 40.7 Å². The van der Waals surface area contributed by atoms with E-state index in [4.69, 9.17) is 21.1 Å². The highest BCUT2D eigenvalue weighted by molar-refractivity contribution is 6.37. The Morgan fingerprint density at radius 1 is 0.923 bits per heavy atom. The van der Waals surface area contributed by atoms with Crippen LogP contribution in [0.15, 0.2) is 108 Å². The van der Waals surface area contributed by atoms with Crippen molar-refractivity contribution in [2.45, 2.75) is 45.7 Å². The average molecular weight is 719 g/mol. The second-order valence-electron chi connectivity index (χ2n) is 12.8. The van der Waals surface area contributed by atoms with E-state index in [-0.39, 0.29) is 42.1 Å². The summed E-state index contributed by atoms with van der Waals surface area (Å²) in [6.07, 6.45) is 1.05. The van der Waals surface area contributed by atoms with Gasteiger partial charge in [-0.1, -0.05) is 54.1 Å². The Balaban J connectivity index is 1.16. The molecule has 0 fully saturated rings. The number of hydrogen-bond acceptors (Lipinski definition) is 7. The fraction of sp³-hybridized carbons (Fsp3) is 0.200. The van der Waals surface area contributed by atoms with Gasteiger partial charge in [0.15, 0.2) is 5.76 Å². The predicted octanol–water partition coefficient (Wildman–Crippen LogP) is 6.31. The molecule has 0 saturated heterocycles. The van der Waals surface area contributed by atoms with E-state index in [1.165, 1.54) is 12.1 Å². The first-order valence-corrected chi connectivity index (χ1v) is 17.0. The van der Waals surface area contributed by atoms with Crippen molar-refractivity contribution in [1.82, 2.24) is 9.36 Å². The van der Waals surface area contributed by atoms with E-state index in [9.17, 15) is 24.3 Å². The lowest BCUT2D eigenvalue weighted by Gasteiger charge is -2.29. The second-order valence-corrected chi connectivity index (χ2v) is 13.2. The number of nitrogens with one attached hydrogen (secondary N) is 1.